The molecule has 2 rings (SSSR count). The highest BCUT2D eigenvalue weighted by atomic mass is 35.5. The normalized spacial score (nSPS) is 10.2. The quantitative estimate of drug-likeness (QED) is 0.628. The Morgan fingerprint density at radius 1 is 0.962 bits per heavy atom. The summed E-state index contributed by atoms with van der Waals surface area (Å²) in [4.78, 5) is 13.2. The summed E-state index contributed by atoms with van der Waals surface area (Å²) in [5.74, 6) is -0.889. The van der Waals surface area contributed by atoms with E-state index in [4.69, 9.17) is 28.3 Å². The van der Waals surface area contributed by atoms with Crippen LogP contribution < -0.4 is 5.32 Å². The van der Waals surface area contributed by atoms with Crippen LogP contribution in [0.4, 0.5) is 11.4 Å². The predicted molar refractivity (Wildman–Crippen MR) is 111 cm³/mol. The first-order valence-electron chi connectivity index (χ1n) is 8.65. The molecule has 2 N–H and O–H groups in total. The summed E-state index contributed by atoms with van der Waals surface area (Å²) in [5, 5.41) is 12.9. The van der Waals surface area contributed by atoms with Gasteiger partial charge in [-0.15, -0.1) is 0 Å². The molecule has 0 saturated carbocycles. The maximum Gasteiger partial charge on any atom is 0.307 e. The SMILES string of the molecule is CCN(CC)CC.O=C(O)Cc1ccccc1Nc1c(Cl)cccc1Cl. The lowest BCUT2D eigenvalue weighted by atomic mass is 10.1. The second-order valence-corrected chi connectivity index (χ2v) is 6.38. The Hall–Kier alpha value is -1.75. The molecule has 0 atom stereocenters. The van der Waals surface area contributed by atoms with E-state index in [-0.39, 0.29) is 6.42 Å². The Morgan fingerprint density at radius 3 is 1.96 bits per heavy atom. The van der Waals surface area contributed by atoms with Gasteiger partial charge in [0.25, 0.3) is 0 Å². The number of halogens is 2. The largest absolute Gasteiger partial charge is 0.481 e. The van der Waals surface area contributed by atoms with Crippen molar-refractivity contribution in [2.24, 2.45) is 0 Å². The third-order valence-corrected chi connectivity index (χ3v) is 4.55. The standard InChI is InChI=1S/C14H11Cl2NO2.C6H15N/c15-10-5-3-6-11(16)14(10)17-12-7-2-1-4-9(12)8-13(18)19;1-4-7(5-2)6-3/h1-7,17H,8H2,(H,18,19);4-6H2,1-3H3. The average Bonchev–Trinajstić information content (AvgIpc) is 2.61. The first-order valence-corrected chi connectivity index (χ1v) is 9.41. The molecule has 0 aliphatic carbocycles. The zero-order valence-electron chi connectivity index (χ0n) is 15.4. The molecule has 0 aromatic heterocycles. The van der Waals surface area contributed by atoms with Gasteiger partial charge in [-0.3, -0.25) is 4.79 Å². The number of anilines is 2. The number of hydrogen-bond acceptors (Lipinski definition) is 3. The van der Waals surface area contributed by atoms with Crippen molar-refractivity contribution in [1.29, 1.82) is 0 Å². The monoisotopic (exact) mass is 396 g/mol. The van der Waals surface area contributed by atoms with E-state index in [9.17, 15) is 4.79 Å². The van der Waals surface area contributed by atoms with Crippen molar-refractivity contribution >= 4 is 40.5 Å². The molecule has 4 nitrogen and oxygen atoms in total. The van der Waals surface area contributed by atoms with E-state index < -0.39 is 5.97 Å². The number of aliphatic carboxylic acids is 1. The van der Waals surface area contributed by atoms with E-state index in [0.29, 0.717) is 27.0 Å². The van der Waals surface area contributed by atoms with Gasteiger partial charge in [0.05, 0.1) is 22.2 Å². The van der Waals surface area contributed by atoms with Gasteiger partial charge in [-0.1, -0.05) is 68.2 Å². The number of para-hydroxylation sites is 2. The molecule has 0 saturated heterocycles. The lowest BCUT2D eigenvalue weighted by Gasteiger charge is -2.13. The molecule has 0 aliphatic heterocycles. The van der Waals surface area contributed by atoms with Gasteiger partial charge in [0.1, 0.15) is 0 Å². The van der Waals surface area contributed by atoms with Gasteiger partial charge < -0.3 is 15.3 Å². The summed E-state index contributed by atoms with van der Waals surface area (Å²) in [5.41, 5.74) is 1.93. The number of nitrogens with zero attached hydrogens (tertiary/aromatic N) is 1. The molecule has 0 radical (unpaired) electrons. The van der Waals surface area contributed by atoms with Crippen LogP contribution in [-0.4, -0.2) is 35.6 Å². The lowest BCUT2D eigenvalue weighted by Crippen LogP contribution is -2.21. The van der Waals surface area contributed by atoms with Crippen LogP contribution in [0.25, 0.3) is 0 Å². The molecule has 2 aromatic carbocycles. The van der Waals surface area contributed by atoms with E-state index in [1.54, 1.807) is 36.4 Å². The highest BCUT2D eigenvalue weighted by Gasteiger charge is 2.10. The van der Waals surface area contributed by atoms with Gasteiger partial charge in [0, 0.05) is 5.69 Å². The number of carbonyl (C=O) groups is 1. The molecule has 0 bridgehead atoms. The number of benzene rings is 2. The summed E-state index contributed by atoms with van der Waals surface area (Å²) in [6.07, 6.45) is -0.0642. The third kappa shape index (κ3) is 7.24. The minimum Gasteiger partial charge on any atom is -0.481 e. The molecule has 0 aliphatic rings. The van der Waals surface area contributed by atoms with Crippen molar-refractivity contribution < 1.29 is 9.90 Å². The number of hydrogen-bond donors (Lipinski definition) is 2. The molecule has 0 amide bonds. The second-order valence-electron chi connectivity index (χ2n) is 5.57. The number of carboxylic acids is 1. The highest BCUT2D eigenvalue weighted by Crippen LogP contribution is 2.33. The molecule has 142 valence electrons. The van der Waals surface area contributed by atoms with Gasteiger partial charge in [-0.2, -0.15) is 0 Å². The zero-order valence-corrected chi connectivity index (χ0v) is 16.9. The molecular formula is C20H26Cl2N2O2. The summed E-state index contributed by atoms with van der Waals surface area (Å²) in [7, 11) is 0. The van der Waals surface area contributed by atoms with Gasteiger partial charge >= 0.3 is 5.97 Å². The van der Waals surface area contributed by atoms with Crippen molar-refractivity contribution in [2.75, 3.05) is 25.0 Å². The molecule has 0 unspecified atom stereocenters. The van der Waals surface area contributed by atoms with Crippen molar-refractivity contribution in [3.63, 3.8) is 0 Å². The number of nitrogens with one attached hydrogen (secondary N) is 1. The number of carboxylic acid groups (broad SMARTS) is 1. The molecule has 0 spiro atoms. The fraction of sp³-hybridized carbons (Fsp3) is 0.350. The van der Waals surface area contributed by atoms with Crippen LogP contribution in [0.15, 0.2) is 42.5 Å². The van der Waals surface area contributed by atoms with Gasteiger partial charge in [0.15, 0.2) is 0 Å². The van der Waals surface area contributed by atoms with E-state index >= 15 is 0 Å². The Labute approximate surface area is 165 Å². The third-order valence-electron chi connectivity index (χ3n) is 3.92. The molecule has 0 heterocycles. The Kier molecular flexibility index (Phi) is 10.1. The van der Waals surface area contributed by atoms with E-state index in [1.165, 1.54) is 19.6 Å². The van der Waals surface area contributed by atoms with Crippen LogP contribution in [0, 0.1) is 0 Å². The minimum absolute atomic E-state index is 0.0642. The van der Waals surface area contributed by atoms with Crippen LogP contribution in [-0.2, 0) is 11.2 Å². The topological polar surface area (TPSA) is 52.6 Å². The summed E-state index contributed by atoms with van der Waals surface area (Å²) < 4.78 is 0. The fourth-order valence-corrected chi connectivity index (χ4v) is 2.87. The lowest BCUT2D eigenvalue weighted by molar-refractivity contribution is -0.136. The van der Waals surface area contributed by atoms with Crippen LogP contribution in [0.5, 0.6) is 0 Å². The predicted octanol–water partition coefficient (Wildman–Crippen LogP) is 5.71. The molecule has 6 heteroatoms. The van der Waals surface area contributed by atoms with Gasteiger partial charge in [0.2, 0.25) is 0 Å². The van der Waals surface area contributed by atoms with Gasteiger partial charge in [-0.25, -0.2) is 0 Å². The fourth-order valence-electron chi connectivity index (χ4n) is 2.38. The maximum absolute atomic E-state index is 10.8. The van der Waals surface area contributed by atoms with Crippen LogP contribution in [0.1, 0.15) is 26.3 Å². The van der Waals surface area contributed by atoms with Crippen LogP contribution in [0.3, 0.4) is 0 Å². The van der Waals surface area contributed by atoms with E-state index in [0.717, 1.165) is 0 Å². The first kappa shape index (κ1) is 22.3. The molecular weight excluding hydrogens is 371 g/mol. The Balaban J connectivity index is 0.000000412. The Bertz CT molecular complexity index is 678. The average molecular weight is 397 g/mol. The van der Waals surface area contributed by atoms with Crippen molar-refractivity contribution in [2.45, 2.75) is 27.2 Å². The van der Waals surface area contributed by atoms with E-state index in [2.05, 4.69) is 31.0 Å². The number of rotatable bonds is 7. The van der Waals surface area contributed by atoms with Crippen LogP contribution >= 0.6 is 23.2 Å². The summed E-state index contributed by atoms with van der Waals surface area (Å²) >= 11 is 12.1. The van der Waals surface area contributed by atoms with Crippen LogP contribution in [0.2, 0.25) is 10.0 Å². The molecule has 2 aromatic rings. The summed E-state index contributed by atoms with van der Waals surface area (Å²) in [6, 6.07) is 12.3. The maximum atomic E-state index is 10.8. The molecule has 26 heavy (non-hydrogen) atoms. The highest BCUT2D eigenvalue weighted by molar-refractivity contribution is 6.39. The Morgan fingerprint density at radius 2 is 1.50 bits per heavy atom. The van der Waals surface area contributed by atoms with E-state index in [1.807, 2.05) is 6.07 Å². The zero-order chi connectivity index (χ0) is 19.5. The van der Waals surface area contributed by atoms with Crippen molar-refractivity contribution in [3.05, 3.63) is 58.1 Å². The first-order chi connectivity index (χ1) is 12.4. The summed E-state index contributed by atoms with van der Waals surface area (Å²) in [6.45, 7) is 10.1. The molecule has 0 fully saturated rings. The minimum atomic E-state index is -0.889. The van der Waals surface area contributed by atoms with Gasteiger partial charge in [-0.05, 0) is 43.4 Å². The van der Waals surface area contributed by atoms with Crippen molar-refractivity contribution in [3.8, 4) is 0 Å². The second kappa shape index (κ2) is 11.8. The smallest absolute Gasteiger partial charge is 0.307 e. The van der Waals surface area contributed by atoms with Crippen molar-refractivity contribution in [1.82, 2.24) is 4.90 Å².